The Morgan fingerprint density at radius 3 is 2.10 bits per heavy atom. The van der Waals surface area contributed by atoms with E-state index in [1.54, 1.807) is 0 Å². The molecule has 0 aliphatic carbocycles. The minimum absolute atomic E-state index is 0.262. The van der Waals surface area contributed by atoms with E-state index in [0.717, 1.165) is 32.1 Å². The monoisotopic (exact) mass is 303 g/mol. The zero-order chi connectivity index (χ0) is 16.7. The average molecular weight is 303 g/mol. The molecule has 5 nitrogen and oxygen atoms in total. The van der Waals surface area contributed by atoms with Crippen LogP contribution >= 0.6 is 0 Å². The summed E-state index contributed by atoms with van der Waals surface area (Å²) < 4.78 is 4.98. The number of carboxylic acid groups (broad SMARTS) is 1. The Hall–Kier alpha value is -1.10. The number of aliphatic carboxylic acids is 1. The van der Waals surface area contributed by atoms with Crippen molar-refractivity contribution in [3.8, 4) is 0 Å². The molecule has 0 aromatic heterocycles. The van der Waals surface area contributed by atoms with Crippen molar-refractivity contribution >= 4 is 11.9 Å². The third-order valence-corrected chi connectivity index (χ3v) is 2.76. The highest BCUT2D eigenvalue weighted by Gasteiger charge is 2.15. The van der Waals surface area contributed by atoms with E-state index in [-0.39, 0.29) is 5.97 Å². The van der Waals surface area contributed by atoms with Crippen molar-refractivity contribution in [1.29, 1.82) is 0 Å². The molecule has 126 valence electrons. The molecule has 0 radical (unpaired) electrons. The van der Waals surface area contributed by atoms with E-state index in [1.165, 1.54) is 0 Å². The lowest BCUT2D eigenvalue weighted by Gasteiger charge is -2.12. The summed E-state index contributed by atoms with van der Waals surface area (Å²) in [7, 11) is 0. The average Bonchev–Trinajstić information content (AvgIpc) is 2.38. The molecule has 1 unspecified atom stereocenters. The second kappa shape index (κ2) is 15.3. The zero-order valence-electron chi connectivity index (χ0n) is 14.1. The molecule has 1 atom stereocenters. The van der Waals surface area contributed by atoms with Crippen LogP contribution < -0.4 is 5.73 Å². The predicted molar refractivity (Wildman–Crippen MR) is 85.1 cm³/mol. The van der Waals surface area contributed by atoms with Gasteiger partial charge in [-0.1, -0.05) is 47.0 Å². The van der Waals surface area contributed by atoms with Crippen molar-refractivity contribution in [2.24, 2.45) is 11.7 Å². The summed E-state index contributed by atoms with van der Waals surface area (Å²) in [5, 5.41) is 8.14. The fraction of sp³-hybridized carbons (Fsp3) is 0.875. The van der Waals surface area contributed by atoms with E-state index >= 15 is 0 Å². The first-order chi connectivity index (χ1) is 9.84. The number of unbranched alkanes of at least 4 members (excludes halogenated alkanes) is 3. The number of hydrogen-bond acceptors (Lipinski definition) is 4. The normalized spacial score (nSPS) is 11.5. The molecule has 0 amide bonds. The fourth-order valence-corrected chi connectivity index (χ4v) is 1.55. The van der Waals surface area contributed by atoms with Gasteiger partial charge < -0.3 is 15.6 Å². The largest absolute Gasteiger partial charge is 0.481 e. The van der Waals surface area contributed by atoms with Crippen LogP contribution in [0.2, 0.25) is 0 Å². The first-order valence-corrected chi connectivity index (χ1v) is 7.99. The lowest BCUT2D eigenvalue weighted by atomic mass is 10.1. The van der Waals surface area contributed by atoms with Gasteiger partial charge in [0.25, 0.3) is 0 Å². The van der Waals surface area contributed by atoms with Gasteiger partial charge in [0.05, 0.1) is 6.61 Å². The van der Waals surface area contributed by atoms with Crippen molar-refractivity contribution in [3.05, 3.63) is 0 Å². The van der Waals surface area contributed by atoms with Crippen LogP contribution in [0.4, 0.5) is 0 Å². The Balaban J connectivity index is 0. The molecule has 0 saturated carbocycles. The second-order valence-corrected chi connectivity index (χ2v) is 5.61. The molecule has 0 aliphatic heterocycles. The predicted octanol–water partition coefficient (Wildman–Crippen LogP) is 3.35. The molecule has 0 aromatic rings. The molecule has 0 aromatic carbocycles. The summed E-state index contributed by atoms with van der Waals surface area (Å²) in [4.78, 5) is 21.1. The van der Waals surface area contributed by atoms with E-state index in [1.807, 2.05) is 13.8 Å². The fourth-order valence-electron chi connectivity index (χ4n) is 1.55. The Bertz CT molecular complexity index is 267. The Morgan fingerprint density at radius 1 is 1.10 bits per heavy atom. The highest BCUT2D eigenvalue weighted by molar-refractivity contribution is 5.75. The van der Waals surface area contributed by atoms with Gasteiger partial charge in [0.2, 0.25) is 0 Å². The van der Waals surface area contributed by atoms with Crippen molar-refractivity contribution in [2.45, 2.75) is 78.7 Å². The standard InChI is InChI=1S/C10H21NO2.C6H12O2/c1-4-5-6-13-10(12)9(11)7-8(2)3;1-2-3-4-5-6(7)8/h8-9H,4-7,11H2,1-3H3;2-5H2,1H3,(H,7,8). The molecule has 0 rings (SSSR count). The van der Waals surface area contributed by atoms with Crippen LogP contribution in [0.3, 0.4) is 0 Å². The minimum Gasteiger partial charge on any atom is -0.481 e. The molecule has 0 bridgehead atoms. The topological polar surface area (TPSA) is 89.6 Å². The third-order valence-electron chi connectivity index (χ3n) is 2.76. The van der Waals surface area contributed by atoms with Crippen molar-refractivity contribution in [3.63, 3.8) is 0 Å². The third kappa shape index (κ3) is 18.9. The Morgan fingerprint density at radius 2 is 1.67 bits per heavy atom. The number of ether oxygens (including phenoxy) is 1. The maximum absolute atomic E-state index is 11.2. The summed E-state index contributed by atoms with van der Waals surface area (Å²) in [5.74, 6) is -0.505. The number of carboxylic acids is 1. The lowest BCUT2D eigenvalue weighted by molar-refractivity contribution is -0.145. The van der Waals surface area contributed by atoms with Gasteiger partial charge in [-0.3, -0.25) is 9.59 Å². The number of hydrogen-bond donors (Lipinski definition) is 2. The smallest absolute Gasteiger partial charge is 0.322 e. The van der Waals surface area contributed by atoms with Crippen LogP contribution in [-0.2, 0) is 14.3 Å². The van der Waals surface area contributed by atoms with Gasteiger partial charge in [-0.25, -0.2) is 0 Å². The number of carbonyl (C=O) groups is 2. The summed E-state index contributed by atoms with van der Waals surface area (Å²) in [6, 6.07) is -0.447. The number of carbonyl (C=O) groups excluding carboxylic acids is 1. The second-order valence-electron chi connectivity index (χ2n) is 5.61. The first-order valence-electron chi connectivity index (χ1n) is 7.99. The van der Waals surface area contributed by atoms with Crippen LogP contribution in [-0.4, -0.2) is 29.7 Å². The molecule has 3 N–H and O–H groups in total. The van der Waals surface area contributed by atoms with E-state index in [4.69, 9.17) is 15.6 Å². The summed E-state index contributed by atoms with van der Waals surface area (Å²) >= 11 is 0. The van der Waals surface area contributed by atoms with Gasteiger partial charge >= 0.3 is 11.9 Å². The quantitative estimate of drug-likeness (QED) is 0.477. The Kier molecular flexibility index (Phi) is 16.2. The first kappa shape index (κ1) is 22.2. The molecule has 5 heteroatoms. The molecule has 0 saturated heterocycles. The van der Waals surface area contributed by atoms with Crippen LogP contribution in [0.5, 0.6) is 0 Å². The van der Waals surface area contributed by atoms with Crippen molar-refractivity contribution < 1.29 is 19.4 Å². The van der Waals surface area contributed by atoms with Crippen LogP contribution in [0.1, 0.15) is 72.6 Å². The van der Waals surface area contributed by atoms with E-state index in [9.17, 15) is 9.59 Å². The molecular weight excluding hydrogens is 270 g/mol. The van der Waals surface area contributed by atoms with Gasteiger partial charge in [-0.15, -0.1) is 0 Å². The van der Waals surface area contributed by atoms with E-state index in [2.05, 4.69) is 13.8 Å². The maximum atomic E-state index is 11.2. The van der Waals surface area contributed by atoms with Gasteiger partial charge in [-0.05, 0) is 25.2 Å². The maximum Gasteiger partial charge on any atom is 0.322 e. The molecule has 0 fully saturated rings. The summed E-state index contributed by atoms with van der Waals surface area (Å²) in [5.41, 5.74) is 5.63. The summed E-state index contributed by atoms with van der Waals surface area (Å²) in [6.07, 6.45) is 5.93. The number of esters is 1. The number of nitrogens with two attached hydrogens (primary N) is 1. The number of rotatable bonds is 10. The highest BCUT2D eigenvalue weighted by Crippen LogP contribution is 2.04. The minimum atomic E-state index is -0.682. The molecule has 0 heterocycles. The van der Waals surface area contributed by atoms with E-state index in [0.29, 0.717) is 25.4 Å². The van der Waals surface area contributed by atoms with E-state index < -0.39 is 12.0 Å². The van der Waals surface area contributed by atoms with Gasteiger partial charge in [0.15, 0.2) is 0 Å². The van der Waals surface area contributed by atoms with Crippen molar-refractivity contribution in [2.75, 3.05) is 6.61 Å². The summed E-state index contributed by atoms with van der Waals surface area (Å²) in [6.45, 7) is 8.70. The molecule has 0 aliphatic rings. The van der Waals surface area contributed by atoms with Crippen LogP contribution in [0, 0.1) is 5.92 Å². The van der Waals surface area contributed by atoms with Crippen LogP contribution in [0.25, 0.3) is 0 Å². The molecule has 21 heavy (non-hydrogen) atoms. The zero-order valence-corrected chi connectivity index (χ0v) is 14.1. The molecular formula is C16H33NO4. The van der Waals surface area contributed by atoms with Crippen LogP contribution in [0.15, 0.2) is 0 Å². The van der Waals surface area contributed by atoms with Gasteiger partial charge in [0.1, 0.15) is 6.04 Å². The van der Waals surface area contributed by atoms with Crippen molar-refractivity contribution in [1.82, 2.24) is 0 Å². The SMILES string of the molecule is CCCCCC(=O)O.CCCCOC(=O)C(N)CC(C)C. The highest BCUT2D eigenvalue weighted by atomic mass is 16.5. The molecule has 0 spiro atoms. The van der Waals surface area contributed by atoms with Gasteiger partial charge in [0, 0.05) is 6.42 Å². The van der Waals surface area contributed by atoms with Gasteiger partial charge in [-0.2, -0.15) is 0 Å². The Labute approximate surface area is 129 Å². The lowest BCUT2D eigenvalue weighted by Crippen LogP contribution is -2.33.